The third-order valence-corrected chi connectivity index (χ3v) is 1.97. The lowest BCUT2D eigenvalue weighted by atomic mass is 10.2. The molecule has 0 saturated heterocycles. The molecule has 1 unspecified atom stereocenters. The minimum atomic E-state index is -3.86. The summed E-state index contributed by atoms with van der Waals surface area (Å²) in [5.74, 6) is 0. The molecular formula is C7H8ClO3P. The zero-order chi connectivity index (χ0) is 9.03. The van der Waals surface area contributed by atoms with Gasteiger partial charge < -0.3 is 4.89 Å². The molecule has 0 saturated carbocycles. The molecule has 1 atom stereocenters. The molecule has 0 aliphatic heterocycles. The van der Waals surface area contributed by atoms with Crippen molar-refractivity contribution in [2.45, 2.75) is 6.61 Å². The van der Waals surface area contributed by atoms with Gasteiger partial charge in [0.1, 0.15) is 0 Å². The van der Waals surface area contributed by atoms with Crippen molar-refractivity contribution in [1.82, 2.24) is 0 Å². The van der Waals surface area contributed by atoms with Gasteiger partial charge in [-0.1, -0.05) is 30.3 Å². The lowest BCUT2D eigenvalue weighted by molar-refractivity contribution is 0.265. The van der Waals surface area contributed by atoms with Gasteiger partial charge in [-0.15, -0.1) is 0 Å². The second kappa shape index (κ2) is 4.06. The summed E-state index contributed by atoms with van der Waals surface area (Å²) in [4.78, 5) is 8.58. The number of hydrogen-bond donors (Lipinski definition) is 1. The molecule has 3 nitrogen and oxygen atoms in total. The maximum Gasteiger partial charge on any atom is 0.421 e. The van der Waals surface area contributed by atoms with Crippen LogP contribution in [0.4, 0.5) is 0 Å². The molecule has 1 aromatic rings. The van der Waals surface area contributed by atoms with E-state index in [9.17, 15) is 4.57 Å². The van der Waals surface area contributed by atoms with E-state index < -0.39 is 6.95 Å². The maximum atomic E-state index is 10.5. The monoisotopic (exact) mass is 206 g/mol. The number of halogens is 1. The van der Waals surface area contributed by atoms with Gasteiger partial charge in [0.05, 0.1) is 6.61 Å². The highest BCUT2D eigenvalue weighted by Gasteiger charge is 2.13. The zero-order valence-electron chi connectivity index (χ0n) is 6.18. The van der Waals surface area contributed by atoms with Crippen molar-refractivity contribution in [3.05, 3.63) is 35.9 Å². The minimum Gasteiger partial charge on any atom is -0.313 e. The van der Waals surface area contributed by atoms with Crippen LogP contribution < -0.4 is 0 Å². The molecule has 0 spiro atoms. The van der Waals surface area contributed by atoms with Gasteiger partial charge in [0, 0.05) is 11.2 Å². The number of hydrogen-bond acceptors (Lipinski definition) is 2. The van der Waals surface area contributed by atoms with Crippen molar-refractivity contribution in [3.63, 3.8) is 0 Å². The molecule has 66 valence electrons. The lowest BCUT2D eigenvalue weighted by Gasteiger charge is -2.03. The predicted octanol–water partition coefficient (Wildman–Crippen LogP) is 2.54. The summed E-state index contributed by atoms with van der Waals surface area (Å²) in [5, 5.41) is 0. The maximum absolute atomic E-state index is 10.5. The highest BCUT2D eigenvalue weighted by molar-refractivity contribution is 7.80. The van der Waals surface area contributed by atoms with Crippen molar-refractivity contribution in [2.75, 3.05) is 0 Å². The van der Waals surface area contributed by atoms with E-state index in [1.165, 1.54) is 0 Å². The predicted molar refractivity (Wildman–Crippen MR) is 46.9 cm³/mol. The first-order valence-corrected chi connectivity index (χ1v) is 5.77. The molecule has 1 aromatic carbocycles. The largest absolute Gasteiger partial charge is 0.421 e. The molecule has 0 aliphatic rings. The van der Waals surface area contributed by atoms with E-state index in [2.05, 4.69) is 4.52 Å². The standard InChI is InChI=1S/C7H8ClO3P/c8-12(9,10)11-6-7-4-2-1-3-5-7/h1-5H,6H2,(H,9,10). The molecule has 0 heterocycles. The zero-order valence-corrected chi connectivity index (χ0v) is 7.83. The summed E-state index contributed by atoms with van der Waals surface area (Å²) in [6.07, 6.45) is 0. The second-order valence-electron chi connectivity index (χ2n) is 2.21. The van der Waals surface area contributed by atoms with Crippen LogP contribution in [0.15, 0.2) is 30.3 Å². The number of rotatable bonds is 3. The Balaban J connectivity index is 2.50. The van der Waals surface area contributed by atoms with Gasteiger partial charge in [0.15, 0.2) is 0 Å². The topological polar surface area (TPSA) is 46.5 Å². The lowest BCUT2D eigenvalue weighted by Crippen LogP contribution is -1.86. The minimum absolute atomic E-state index is 0.0537. The van der Waals surface area contributed by atoms with Gasteiger partial charge in [-0.05, 0) is 5.56 Å². The SMILES string of the molecule is O=P(O)(Cl)OCc1ccccc1. The van der Waals surface area contributed by atoms with Crippen LogP contribution in [-0.4, -0.2) is 4.89 Å². The van der Waals surface area contributed by atoms with Crippen molar-refractivity contribution in [3.8, 4) is 0 Å². The van der Waals surface area contributed by atoms with Crippen LogP contribution in [-0.2, 0) is 15.7 Å². The smallest absolute Gasteiger partial charge is 0.313 e. The van der Waals surface area contributed by atoms with Gasteiger partial charge in [-0.2, -0.15) is 0 Å². The van der Waals surface area contributed by atoms with Crippen LogP contribution in [0.2, 0.25) is 0 Å². The molecule has 1 N–H and O–H groups in total. The molecule has 0 bridgehead atoms. The van der Waals surface area contributed by atoms with Gasteiger partial charge in [-0.3, -0.25) is 4.52 Å². The molecule has 0 fully saturated rings. The average molecular weight is 207 g/mol. The molecular weight excluding hydrogens is 199 g/mol. The van der Waals surface area contributed by atoms with Crippen LogP contribution in [0.5, 0.6) is 0 Å². The Morgan fingerprint density at radius 1 is 1.42 bits per heavy atom. The molecule has 0 radical (unpaired) electrons. The van der Waals surface area contributed by atoms with Crippen LogP contribution in [0, 0.1) is 0 Å². The Hall–Kier alpha value is -0.340. The van der Waals surface area contributed by atoms with Crippen molar-refractivity contribution >= 4 is 18.2 Å². The Morgan fingerprint density at radius 3 is 2.50 bits per heavy atom. The molecule has 5 heteroatoms. The summed E-state index contributed by atoms with van der Waals surface area (Å²) in [7, 11) is 0. The molecule has 0 aliphatic carbocycles. The first-order chi connectivity index (χ1) is 5.58. The fourth-order valence-electron chi connectivity index (χ4n) is 0.728. The Morgan fingerprint density at radius 2 is 2.00 bits per heavy atom. The molecule has 1 rings (SSSR count). The summed E-state index contributed by atoms with van der Waals surface area (Å²) in [6, 6.07) is 9.05. The van der Waals surface area contributed by atoms with E-state index in [0.717, 1.165) is 5.56 Å². The summed E-state index contributed by atoms with van der Waals surface area (Å²) in [5.41, 5.74) is 0.812. The van der Waals surface area contributed by atoms with Crippen LogP contribution in [0.25, 0.3) is 0 Å². The normalized spacial score (nSPS) is 15.5. The van der Waals surface area contributed by atoms with Gasteiger partial charge in [0.2, 0.25) is 0 Å². The van der Waals surface area contributed by atoms with Crippen molar-refractivity contribution in [2.24, 2.45) is 0 Å². The van der Waals surface area contributed by atoms with Crippen LogP contribution in [0.3, 0.4) is 0 Å². The van der Waals surface area contributed by atoms with E-state index in [-0.39, 0.29) is 6.61 Å². The van der Waals surface area contributed by atoms with E-state index in [1.54, 1.807) is 12.1 Å². The van der Waals surface area contributed by atoms with Gasteiger partial charge in [0.25, 0.3) is 0 Å². The third kappa shape index (κ3) is 3.88. The van der Waals surface area contributed by atoms with E-state index in [4.69, 9.17) is 16.1 Å². The fourth-order valence-corrected chi connectivity index (χ4v) is 1.18. The quantitative estimate of drug-likeness (QED) is 0.773. The fraction of sp³-hybridized carbons (Fsp3) is 0.143. The van der Waals surface area contributed by atoms with Crippen LogP contribution in [0.1, 0.15) is 5.56 Å². The first kappa shape index (κ1) is 9.75. The molecule has 12 heavy (non-hydrogen) atoms. The van der Waals surface area contributed by atoms with Crippen molar-refractivity contribution < 1.29 is 14.0 Å². The Bertz CT molecular complexity index is 282. The summed E-state index contributed by atoms with van der Waals surface area (Å²) < 4.78 is 15.0. The van der Waals surface area contributed by atoms with E-state index in [0.29, 0.717) is 0 Å². The van der Waals surface area contributed by atoms with Gasteiger partial charge in [-0.25, -0.2) is 4.57 Å². The number of benzene rings is 1. The molecule has 0 aromatic heterocycles. The van der Waals surface area contributed by atoms with Crippen molar-refractivity contribution in [1.29, 1.82) is 0 Å². The summed E-state index contributed by atoms with van der Waals surface area (Å²) >= 11 is 4.97. The first-order valence-electron chi connectivity index (χ1n) is 3.29. The highest BCUT2D eigenvalue weighted by Crippen LogP contribution is 2.48. The van der Waals surface area contributed by atoms with E-state index >= 15 is 0 Å². The van der Waals surface area contributed by atoms with Gasteiger partial charge >= 0.3 is 6.95 Å². The second-order valence-corrected chi connectivity index (χ2v) is 4.65. The Labute approximate surface area is 75.3 Å². The average Bonchev–Trinajstić information content (AvgIpc) is 2.02. The third-order valence-electron chi connectivity index (χ3n) is 1.23. The van der Waals surface area contributed by atoms with Crippen LogP contribution >= 0.6 is 18.2 Å². The summed E-state index contributed by atoms with van der Waals surface area (Å²) in [6.45, 7) is -3.81. The highest BCUT2D eigenvalue weighted by atomic mass is 35.7. The molecule has 0 amide bonds. The van der Waals surface area contributed by atoms with E-state index in [1.807, 2.05) is 18.2 Å². The Kier molecular flexibility index (Phi) is 3.29.